The predicted octanol–water partition coefficient (Wildman–Crippen LogP) is 3.62. The summed E-state index contributed by atoms with van der Waals surface area (Å²) in [5.74, 6) is 6.00. The van der Waals surface area contributed by atoms with Crippen LogP contribution in [0, 0.1) is 23.2 Å². The Bertz CT molecular complexity index is 1570. The summed E-state index contributed by atoms with van der Waals surface area (Å²) >= 11 is 0. The number of rotatable bonds is 6. The molecule has 4 heterocycles. The van der Waals surface area contributed by atoms with Crippen molar-refractivity contribution in [2.24, 2.45) is 0 Å². The molecule has 0 bridgehead atoms. The van der Waals surface area contributed by atoms with Gasteiger partial charge in [-0.25, -0.2) is 0 Å². The molecule has 3 aliphatic heterocycles. The molecule has 1 amide bonds. The second kappa shape index (κ2) is 12.3. The molecule has 2 unspecified atom stereocenters. The van der Waals surface area contributed by atoms with Crippen molar-refractivity contribution in [3.05, 3.63) is 53.7 Å². The van der Waals surface area contributed by atoms with Crippen LogP contribution >= 0.6 is 0 Å². The van der Waals surface area contributed by atoms with Gasteiger partial charge in [0.25, 0.3) is 5.91 Å². The number of likely N-dealkylation sites (N-methyl/N-ethyl adjacent to an activating group) is 1. The minimum atomic E-state index is -0.255. The number of nitrogens with zero attached hydrogens (tertiary/aromatic N) is 7. The Hall–Kier alpha value is -4.34. The summed E-state index contributed by atoms with van der Waals surface area (Å²) in [5.41, 5.74) is 3.30. The lowest BCUT2D eigenvalue weighted by Gasteiger charge is -2.41. The Kier molecular flexibility index (Phi) is 8.12. The van der Waals surface area contributed by atoms with Crippen LogP contribution in [0.5, 0.6) is 6.01 Å². The van der Waals surface area contributed by atoms with E-state index in [2.05, 4.69) is 82.1 Å². The lowest BCUT2D eigenvalue weighted by molar-refractivity contribution is -0.127. The summed E-state index contributed by atoms with van der Waals surface area (Å²) in [4.78, 5) is 31.3. The van der Waals surface area contributed by atoms with Crippen LogP contribution in [-0.4, -0.2) is 84.1 Å². The van der Waals surface area contributed by atoms with Crippen LogP contribution in [0.15, 0.2) is 42.5 Å². The van der Waals surface area contributed by atoms with Crippen molar-refractivity contribution in [1.29, 1.82) is 5.26 Å². The van der Waals surface area contributed by atoms with Crippen molar-refractivity contribution < 1.29 is 9.53 Å². The molecule has 3 aliphatic rings. The fourth-order valence-corrected chi connectivity index (χ4v) is 6.54. The molecular formula is C33H37N7O2. The molecule has 0 N–H and O–H groups in total. The first kappa shape index (κ1) is 27.8. The zero-order valence-electron chi connectivity index (χ0n) is 24.4. The number of hydrogen-bond acceptors (Lipinski definition) is 8. The van der Waals surface area contributed by atoms with Crippen molar-refractivity contribution in [1.82, 2.24) is 19.8 Å². The fraction of sp³-hybridized carbons (Fsp3) is 0.455. The van der Waals surface area contributed by atoms with Gasteiger partial charge in [0.05, 0.1) is 30.8 Å². The molecule has 42 heavy (non-hydrogen) atoms. The van der Waals surface area contributed by atoms with Crippen LogP contribution in [-0.2, 0) is 17.8 Å². The highest BCUT2D eigenvalue weighted by atomic mass is 16.5. The fourth-order valence-electron chi connectivity index (χ4n) is 6.54. The second-order valence-corrected chi connectivity index (χ2v) is 11.3. The Labute approximate surface area is 247 Å². The van der Waals surface area contributed by atoms with Crippen LogP contribution < -0.4 is 14.5 Å². The van der Waals surface area contributed by atoms with Gasteiger partial charge in [0.2, 0.25) is 0 Å². The van der Waals surface area contributed by atoms with Crippen LogP contribution in [0.1, 0.15) is 37.4 Å². The summed E-state index contributed by atoms with van der Waals surface area (Å²) in [5, 5.41) is 12.0. The van der Waals surface area contributed by atoms with Gasteiger partial charge in [-0.3, -0.25) is 4.79 Å². The monoisotopic (exact) mass is 563 g/mol. The van der Waals surface area contributed by atoms with Gasteiger partial charge in [0.15, 0.2) is 0 Å². The number of fused-ring (bicyclic) bond motifs is 2. The summed E-state index contributed by atoms with van der Waals surface area (Å²) < 4.78 is 6.29. The molecule has 3 aromatic rings. The molecule has 6 rings (SSSR count). The molecule has 2 aromatic carbocycles. The Morgan fingerprint density at radius 1 is 1.05 bits per heavy atom. The van der Waals surface area contributed by atoms with E-state index in [1.165, 1.54) is 22.9 Å². The van der Waals surface area contributed by atoms with Crippen LogP contribution in [0.2, 0.25) is 0 Å². The minimum absolute atomic E-state index is 0.224. The molecular weight excluding hydrogens is 526 g/mol. The van der Waals surface area contributed by atoms with Crippen molar-refractivity contribution in [3.8, 4) is 23.9 Å². The van der Waals surface area contributed by atoms with Gasteiger partial charge in [-0.2, -0.15) is 15.2 Å². The topological polar surface area (TPSA) is 88.8 Å². The lowest BCUT2D eigenvalue weighted by Crippen LogP contribution is -2.55. The first-order chi connectivity index (χ1) is 20.6. The van der Waals surface area contributed by atoms with E-state index >= 15 is 0 Å². The van der Waals surface area contributed by atoms with Gasteiger partial charge in [0, 0.05) is 48.9 Å². The van der Waals surface area contributed by atoms with E-state index in [0.717, 1.165) is 43.0 Å². The summed E-state index contributed by atoms with van der Waals surface area (Å²) in [6, 6.07) is 17.7. The molecule has 9 heteroatoms. The summed E-state index contributed by atoms with van der Waals surface area (Å²) in [7, 11) is 2.14. The first-order valence-electron chi connectivity index (χ1n) is 14.9. The number of likely N-dealkylation sites (tertiary alicyclic amines) is 1. The molecule has 216 valence electrons. The largest absolute Gasteiger partial charge is 0.462 e. The molecule has 2 saturated heterocycles. The van der Waals surface area contributed by atoms with E-state index in [0.29, 0.717) is 44.8 Å². The average molecular weight is 564 g/mol. The number of amides is 1. The zero-order valence-corrected chi connectivity index (χ0v) is 24.4. The third kappa shape index (κ3) is 5.57. The summed E-state index contributed by atoms with van der Waals surface area (Å²) in [6.07, 6.45) is 3.32. The number of carbonyl (C=O) groups is 1. The molecule has 2 fully saturated rings. The molecule has 0 spiro atoms. The van der Waals surface area contributed by atoms with Gasteiger partial charge in [-0.15, -0.1) is 0 Å². The number of carbonyl (C=O) groups excluding carboxylic acids is 1. The number of ether oxygens (including phenoxy) is 1. The standard InChI is InChI=1S/C33H37N7O2/c1-3-8-31(41)40-20-19-39(21-25(40)14-16-34)32-28-15-18-38(30-13-6-10-24-9-4-5-12-27(24)30)22-29(28)35-33(36-32)42-23-26-11-7-17-37(26)2/h4-6,9-10,12-13,25-26H,7,11,14-15,17-23H2,1-2H3. The maximum atomic E-state index is 12.7. The van der Waals surface area contributed by atoms with Crippen molar-refractivity contribution in [2.75, 3.05) is 56.2 Å². The molecule has 9 nitrogen and oxygen atoms in total. The van der Waals surface area contributed by atoms with E-state index < -0.39 is 0 Å². The minimum Gasteiger partial charge on any atom is -0.462 e. The Balaban J connectivity index is 1.32. The van der Waals surface area contributed by atoms with Gasteiger partial charge < -0.3 is 24.3 Å². The predicted molar refractivity (Wildman–Crippen MR) is 163 cm³/mol. The van der Waals surface area contributed by atoms with Crippen LogP contribution in [0.4, 0.5) is 11.5 Å². The second-order valence-electron chi connectivity index (χ2n) is 11.3. The molecule has 2 atom stereocenters. The zero-order chi connectivity index (χ0) is 29.1. The smallest absolute Gasteiger partial charge is 0.318 e. The van der Waals surface area contributed by atoms with Gasteiger partial charge in [-0.1, -0.05) is 42.3 Å². The Morgan fingerprint density at radius 2 is 1.90 bits per heavy atom. The van der Waals surface area contributed by atoms with Crippen molar-refractivity contribution in [3.63, 3.8) is 0 Å². The third-order valence-corrected chi connectivity index (χ3v) is 8.81. The maximum Gasteiger partial charge on any atom is 0.318 e. The molecule has 0 aliphatic carbocycles. The normalized spacial score (nSPS) is 20.5. The highest BCUT2D eigenvalue weighted by Crippen LogP contribution is 2.35. The van der Waals surface area contributed by atoms with Gasteiger partial charge >= 0.3 is 6.01 Å². The molecule has 1 aromatic heterocycles. The molecule has 0 radical (unpaired) electrons. The van der Waals surface area contributed by atoms with Crippen molar-refractivity contribution >= 4 is 28.2 Å². The van der Waals surface area contributed by atoms with Crippen LogP contribution in [0.25, 0.3) is 10.8 Å². The van der Waals surface area contributed by atoms with E-state index in [9.17, 15) is 10.1 Å². The lowest BCUT2D eigenvalue weighted by atomic mass is 10.0. The number of benzene rings is 2. The van der Waals surface area contributed by atoms with E-state index in [4.69, 9.17) is 14.7 Å². The van der Waals surface area contributed by atoms with Gasteiger partial charge in [-0.05, 0) is 57.2 Å². The highest BCUT2D eigenvalue weighted by molar-refractivity contribution is 5.94. The SMILES string of the molecule is CC#CC(=O)N1CCN(c2nc(OCC3CCCN3C)nc3c2CCN(c2cccc4ccccc24)C3)CC1CC#N. The van der Waals surface area contributed by atoms with Crippen LogP contribution in [0.3, 0.4) is 0 Å². The number of hydrogen-bond donors (Lipinski definition) is 0. The van der Waals surface area contributed by atoms with E-state index in [1.807, 2.05) is 0 Å². The number of aromatic nitrogens is 2. The highest BCUT2D eigenvalue weighted by Gasteiger charge is 2.34. The molecule has 0 saturated carbocycles. The van der Waals surface area contributed by atoms with E-state index in [1.54, 1.807) is 11.8 Å². The number of piperazine rings is 1. The Morgan fingerprint density at radius 3 is 2.71 bits per heavy atom. The maximum absolute atomic E-state index is 12.7. The van der Waals surface area contributed by atoms with Crippen molar-refractivity contribution in [2.45, 2.75) is 51.2 Å². The van der Waals surface area contributed by atoms with E-state index in [-0.39, 0.29) is 18.4 Å². The van der Waals surface area contributed by atoms with Gasteiger partial charge in [0.1, 0.15) is 12.4 Å². The number of anilines is 2. The average Bonchev–Trinajstić information content (AvgIpc) is 3.43. The number of nitriles is 1. The first-order valence-corrected chi connectivity index (χ1v) is 14.9. The quantitative estimate of drug-likeness (QED) is 0.421. The summed E-state index contributed by atoms with van der Waals surface area (Å²) in [6.45, 7) is 6.41. The third-order valence-electron chi connectivity index (χ3n) is 8.81.